The number of aromatic nitrogens is 1. The Kier molecular flexibility index (Phi) is 6.02. The van der Waals surface area contributed by atoms with Crippen LogP contribution in [-0.4, -0.2) is 64.7 Å². The fourth-order valence-electron chi connectivity index (χ4n) is 4.09. The third-order valence-electron chi connectivity index (χ3n) is 5.61. The SMILES string of the molecule is CC(=O)Oc1cccc(C2/C(=C(/O)c3c[nH]c4ccccc34)C(=O)C(=O)N2CCN(C)C)c1. The summed E-state index contributed by atoms with van der Waals surface area (Å²) in [5.74, 6) is -1.86. The molecule has 4 rings (SSSR count). The van der Waals surface area contributed by atoms with Crippen molar-refractivity contribution in [2.24, 2.45) is 0 Å². The fraction of sp³-hybridized carbons (Fsp3) is 0.240. The number of ketones is 1. The van der Waals surface area contributed by atoms with E-state index in [4.69, 9.17) is 4.74 Å². The smallest absolute Gasteiger partial charge is 0.308 e. The number of hydrogen-bond donors (Lipinski definition) is 2. The lowest BCUT2D eigenvalue weighted by Crippen LogP contribution is -2.35. The Bertz CT molecular complexity index is 1270. The molecule has 8 nitrogen and oxygen atoms in total. The predicted octanol–water partition coefficient (Wildman–Crippen LogP) is 3.08. The van der Waals surface area contributed by atoms with E-state index in [-0.39, 0.29) is 17.9 Å². The topological polar surface area (TPSA) is 103 Å². The molecule has 1 amide bonds. The van der Waals surface area contributed by atoms with Crippen molar-refractivity contribution >= 4 is 34.3 Å². The van der Waals surface area contributed by atoms with Crippen LogP contribution >= 0.6 is 0 Å². The zero-order valence-corrected chi connectivity index (χ0v) is 18.7. The molecule has 33 heavy (non-hydrogen) atoms. The van der Waals surface area contributed by atoms with Gasteiger partial charge in [0.1, 0.15) is 11.5 Å². The summed E-state index contributed by atoms with van der Waals surface area (Å²) in [5.41, 5.74) is 1.81. The molecule has 3 aromatic rings. The number of aliphatic hydroxyl groups is 1. The molecular formula is C25H25N3O5. The second-order valence-electron chi connectivity index (χ2n) is 8.21. The van der Waals surface area contributed by atoms with Gasteiger partial charge in [-0.1, -0.05) is 30.3 Å². The molecule has 1 atom stereocenters. The first-order valence-electron chi connectivity index (χ1n) is 10.6. The van der Waals surface area contributed by atoms with Gasteiger partial charge in [0.15, 0.2) is 0 Å². The molecule has 1 aliphatic heterocycles. The average molecular weight is 447 g/mol. The van der Waals surface area contributed by atoms with Gasteiger partial charge in [0.05, 0.1) is 11.6 Å². The van der Waals surface area contributed by atoms with Gasteiger partial charge in [-0.15, -0.1) is 0 Å². The second-order valence-corrected chi connectivity index (χ2v) is 8.21. The zero-order chi connectivity index (χ0) is 23.7. The third-order valence-corrected chi connectivity index (χ3v) is 5.61. The number of H-pyrrole nitrogens is 1. The van der Waals surface area contributed by atoms with Crippen LogP contribution in [-0.2, 0) is 14.4 Å². The lowest BCUT2D eigenvalue weighted by molar-refractivity contribution is -0.140. The Morgan fingerprint density at radius 3 is 2.64 bits per heavy atom. The number of likely N-dealkylation sites (tertiary alicyclic amines) is 1. The van der Waals surface area contributed by atoms with Crippen LogP contribution in [0.3, 0.4) is 0 Å². The van der Waals surface area contributed by atoms with Gasteiger partial charge in [-0.05, 0) is 37.9 Å². The number of nitrogens with one attached hydrogen (secondary N) is 1. The molecule has 0 radical (unpaired) electrons. The molecule has 0 saturated carbocycles. The molecule has 0 bridgehead atoms. The first-order valence-corrected chi connectivity index (χ1v) is 10.6. The molecule has 2 aromatic carbocycles. The summed E-state index contributed by atoms with van der Waals surface area (Å²) in [4.78, 5) is 44.1. The summed E-state index contributed by atoms with van der Waals surface area (Å²) >= 11 is 0. The molecule has 1 fully saturated rings. The van der Waals surface area contributed by atoms with E-state index in [1.807, 2.05) is 43.3 Å². The Balaban J connectivity index is 1.88. The number of nitrogens with zero attached hydrogens (tertiary/aromatic N) is 2. The van der Waals surface area contributed by atoms with Gasteiger partial charge in [-0.3, -0.25) is 14.4 Å². The Hall–Kier alpha value is -3.91. The van der Waals surface area contributed by atoms with Gasteiger partial charge in [-0.2, -0.15) is 0 Å². The number of aromatic amines is 1. The van der Waals surface area contributed by atoms with Gasteiger partial charge in [0.2, 0.25) is 0 Å². The van der Waals surface area contributed by atoms with Gasteiger partial charge < -0.3 is 24.6 Å². The summed E-state index contributed by atoms with van der Waals surface area (Å²) in [5, 5.41) is 12.0. The van der Waals surface area contributed by atoms with Crippen LogP contribution in [0, 0.1) is 0 Å². The number of Topliss-reactive ketones (excluding diaryl/α,β-unsaturated/α-hetero) is 1. The Labute approximate surface area is 191 Å². The molecule has 170 valence electrons. The van der Waals surface area contributed by atoms with E-state index in [0.717, 1.165) is 10.9 Å². The standard InChI is InChI=1S/C25H25N3O5/c1-15(29)33-17-8-6-7-16(13-17)22-21(24(31)25(32)28(22)12-11-27(2)3)23(30)19-14-26-20-10-5-4-9-18(19)20/h4-10,13-14,22,26,30H,11-12H2,1-3H3/b23-21-. The van der Waals surface area contributed by atoms with E-state index in [9.17, 15) is 19.5 Å². The van der Waals surface area contributed by atoms with Crippen molar-refractivity contribution in [3.63, 3.8) is 0 Å². The van der Waals surface area contributed by atoms with E-state index >= 15 is 0 Å². The van der Waals surface area contributed by atoms with Crippen molar-refractivity contribution in [3.8, 4) is 5.75 Å². The molecule has 8 heteroatoms. The lowest BCUT2D eigenvalue weighted by Gasteiger charge is -2.26. The quantitative estimate of drug-likeness (QED) is 0.198. The van der Waals surface area contributed by atoms with E-state index in [1.54, 1.807) is 30.5 Å². The monoisotopic (exact) mass is 447 g/mol. The summed E-state index contributed by atoms with van der Waals surface area (Å²) in [6.07, 6.45) is 1.62. The largest absolute Gasteiger partial charge is 0.507 e. The minimum atomic E-state index is -0.825. The first-order chi connectivity index (χ1) is 15.8. The number of rotatable bonds is 6. The maximum Gasteiger partial charge on any atom is 0.308 e. The predicted molar refractivity (Wildman–Crippen MR) is 124 cm³/mol. The van der Waals surface area contributed by atoms with Crippen LogP contribution in [0.25, 0.3) is 16.7 Å². The third kappa shape index (κ3) is 4.25. The summed E-state index contributed by atoms with van der Waals surface area (Å²) < 4.78 is 5.21. The van der Waals surface area contributed by atoms with Crippen molar-refractivity contribution in [3.05, 3.63) is 71.4 Å². The number of amides is 1. The fourth-order valence-corrected chi connectivity index (χ4v) is 4.09. The molecule has 1 aromatic heterocycles. The van der Waals surface area contributed by atoms with Crippen molar-refractivity contribution in [1.82, 2.24) is 14.8 Å². The van der Waals surface area contributed by atoms with Crippen molar-refractivity contribution in [2.45, 2.75) is 13.0 Å². The minimum absolute atomic E-state index is 0.00323. The van der Waals surface area contributed by atoms with Crippen LogP contribution in [0.2, 0.25) is 0 Å². The number of fused-ring (bicyclic) bond motifs is 1. The Morgan fingerprint density at radius 1 is 1.15 bits per heavy atom. The number of aliphatic hydroxyl groups excluding tert-OH is 1. The number of para-hydroxylation sites is 1. The van der Waals surface area contributed by atoms with Gasteiger partial charge in [-0.25, -0.2) is 0 Å². The first kappa shape index (κ1) is 22.3. The highest BCUT2D eigenvalue weighted by molar-refractivity contribution is 6.46. The highest BCUT2D eigenvalue weighted by atomic mass is 16.5. The van der Waals surface area contributed by atoms with Crippen LogP contribution in [0.5, 0.6) is 5.75 Å². The van der Waals surface area contributed by atoms with E-state index in [1.165, 1.54) is 11.8 Å². The number of hydrogen-bond acceptors (Lipinski definition) is 6. The van der Waals surface area contributed by atoms with Gasteiger partial charge in [0.25, 0.3) is 11.7 Å². The number of ether oxygens (including phenoxy) is 1. The summed E-state index contributed by atoms with van der Waals surface area (Å²) in [6.45, 7) is 2.11. The van der Waals surface area contributed by atoms with E-state index in [0.29, 0.717) is 23.4 Å². The van der Waals surface area contributed by atoms with Gasteiger partial charge in [0, 0.05) is 42.7 Å². The molecule has 1 saturated heterocycles. The lowest BCUT2D eigenvalue weighted by atomic mass is 9.95. The average Bonchev–Trinajstić information content (AvgIpc) is 3.31. The minimum Gasteiger partial charge on any atom is -0.507 e. The molecule has 2 N–H and O–H groups in total. The Morgan fingerprint density at radius 2 is 1.91 bits per heavy atom. The normalized spacial score (nSPS) is 17.8. The number of benzene rings is 2. The van der Waals surface area contributed by atoms with E-state index < -0.39 is 23.7 Å². The van der Waals surface area contributed by atoms with Crippen molar-refractivity contribution in [1.29, 1.82) is 0 Å². The maximum absolute atomic E-state index is 13.2. The molecule has 1 aliphatic rings. The van der Waals surface area contributed by atoms with Crippen LogP contribution in [0.15, 0.2) is 60.3 Å². The van der Waals surface area contributed by atoms with Crippen LogP contribution < -0.4 is 4.74 Å². The maximum atomic E-state index is 13.2. The van der Waals surface area contributed by atoms with Crippen LogP contribution in [0.4, 0.5) is 0 Å². The van der Waals surface area contributed by atoms with E-state index in [2.05, 4.69) is 4.98 Å². The summed E-state index contributed by atoms with van der Waals surface area (Å²) in [6, 6.07) is 13.2. The molecular weight excluding hydrogens is 422 g/mol. The molecule has 0 aliphatic carbocycles. The number of likely N-dealkylation sites (N-methyl/N-ethyl adjacent to an activating group) is 1. The zero-order valence-electron chi connectivity index (χ0n) is 18.7. The van der Waals surface area contributed by atoms with Crippen molar-refractivity contribution < 1.29 is 24.2 Å². The highest BCUT2D eigenvalue weighted by Crippen LogP contribution is 2.41. The molecule has 2 heterocycles. The number of carbonyl (C=O) groups is 3. The second kappa shape index (κ2) is 8.91. The van der Waals surface area contributed by atoms with Gasteiger partial charge >= 0.3 is 5.97 Å². The highest BCUT2D eigenvalue weighted by Gasteiger charge is 2.46. The number of esters is 1. The molecule has 0 spiro atoms. The van der Waals surface area contributed by atoms with Crippen LogP contribution in [0.1, 0.15) is 24.1 Å². The summed E-state index contributed by atoms with van der Waals surface area (Å²) in [7, 11) is 3.75. The number of carbonyl (C=O) groups excluding carboxylic acids is 3. The van der Waals surface area contributed by atoms with Crippen molar-refractivity contribution in [2.75, 3.05) is 27.2 Å². The molecule has 1 unspecified atom stereocenters.